The molecule has 2 N–H and O–H groups in total. The molecule has 0 fully saturated rings. The van der Waals surface area contributed by atoms with Gasteiger partial charge in [0.2, 0.25) is 0 Å². The summed E-state index contributed by atoms with van der Waals surface area (Å²) < 4.78 is 7.31. The van der Waals surface area contributed by atoms with E-state index in [0.29, 0.717) is 22.7 Å². The van der Waals surface area contributed by atoms with E-state index < -0.39 is 5.91 Å². The van der Waals surface area contributed by atoms with Gasteiger partial charge in [-0.05, 0) is 72.3 Å². The van der Waals surface area contributed by atoms with E-state index in [0.717, 1.165) is 8.95 Å². The fourth-order valence-corrected chi connectivity index (χ4v) is 3.12. The zero-order valence-electron chi connectivity index (χ0n) is 16.6. The molecule has 3 rings (SSSR count). The first-order chi connectivity index (χ1) is 15.4. The molecule has 0 aliphatic rings. The molecular formula is C24H17Br2N3O3. The second-order valence-corrected chi connectivity index (χ2v) is 8.37. The lowest BCUT2D eigenvalue weighted by atomic mass is 10.1. The maximum Gasteiger partial charge on any atom is 0.266 e. The molecule has 0 heterocycles. The number of anilines is 2. The molecule has 6 nitrogen and oxygen atoms in total. The molecule has 0 saturated heterocycles. The van der Waals surface area contributed by atoms with Gasteiger partial charge in [0.1, 0.15) is 17.4 Å². The Morgan fingerprint density at radius 1 is 0.844 bits per heavy atom. The first kappa shape index (κ1) is 23.3. The molecular weight excluding hydrogens is 538 g/mol. The zero-order valence-corrected chi connectivity index (χ0v) is 19.8. The lowest BCUT2D eigenvalue weighted by molar-refractivity contribution is -0.118. The van der Waals surface area contributed by atoms with E-state index in [2.05, 4.69) is 42.5 Å². The van der Waals surface area contributed by atoms with Crippen LogP contribution in [0.4, 0.5) is 11.4 Å². The Morgan fingerprint density at radius 3 is 1.91 bits per heavy atom. The summed E-state index contributed by atoms with van der Waals surface area (Å²) in [5, 5.41) is 14.8. The number of nitriles is 1. The molecule has 0 unspecified atom stereocenters. The van der Waals surface area contributed by atoms with Crippen molar-refractivity contribution in [2.45, 2.75) is 0 Å². The number of carbonyl (C=O) groups is 2. The molecule has 0 aliphatic heterocycles. The third-order valence-corrected chi connectivity index (χ3v) is 5.21. The van der Waals surface area contributed by atoms with Gasteiger partial charge in [0.25, 0.3) is 11.8 Å². The predicted octanol–water partition coefficient (Wildman–Crippen LogP) is 5.77. The molecule has 0 radical (unpaired) electrons. The summed E-state index contributed by atoms with van der Waals surface area (Å²) in [6, 6.07) is 22.9. The van der Waals surface area contributed by atoms with Gasteiger partial charge in [-0.3, -0.25) is 9.59 Å². The number of hydrogen-bond acceptors (Lipinski definition) is 4. The topological polar surface area (TPSA) is 91.2 Å². The smallest absolute Gasteiger partial charge is 0.266 e. The first-order valence-corrected chi connectivity index (χ1v) is 11.0. The summed E-state index contributed by atoms with van der Waals surface area (Å²) in [5.41, 5.74) is 1.88. The highest BCUT2D eigenvalue weighted by Crippen LogP contribution is 2.18. The third kappa shape index (κ3) is 7.08. The predicted molar refractivity (Wildman–Crippen MR) is 131 cm³/mol. The van der Waals surface area contributed by atoms with E-state index in [-0.39, 0.29) is 18.1 Å². The minimum atomic E-state index is -0.500. The van der Waals surface area contributed by atoms with Gasteiger partial charge in [-0.15, -0.1) is 0 Å². The lowest BCUT2D eigenvalue weighted by Gasteiger charge is -2.08. The Kier molecular flexibility index (Phi) is 8.20. The molecule has 0 saturated carbocycles. The van der Waals surface area contributed by atoms with Crippen LogP contribution in [0, 0.1) is 11.3 Å². The maximum atomic E-state index is 12.4. The number of nitrogens with one attached hydrogen (secondary N) is 2. The number of rotatable bonds is 7. The Morgan fingerprint density at radius 2 is 1.38 bits per heavy atom. The molecule has 2 amide bonds. The monoisotopic (exact) mass is 553 g/mol. The van der Waals surface area contributed by atoms with Crippen LogP contribution < -0.4 is 15.4 Å². The van der Waals surface area contributed by atoms with Crippen molar-refractivity contribution < 1.29 is 14.3 Å². The van der Waals surface area contributed by atoms with Gasteiger partial charge < -0.3 is 15.4 Å². The van der Waals surface area contributed by atoms with Crippen molar-refractivity contribution in [2.75, 3.05) is 17.2 Å². The minimum absolute atomic E-state index is 0.0320. The minimum Gasteiger partial charge on any atom is -0.484 e. The van der Waals surface area contributed by atoms with Crippen molar-refractivity contribution in [1.29, 1.82) is 5.26 Å². The average Bonchev–Trinajstić information content (AvgIpc) is 2.80. The molecule has 0 aliphatic carbocycles. The fraction of sp³-hybridized carbons (Fsp3) is 0.0417. The summed E-state index contributed by atoms with van der Waals surface area (Å²) in [6.07, 6.45) is 1.48. The highest BCUT2D eigenvalue weighted by atomic mass is 79.9. The van der Waals surface area contributed by atoms with E-state index in [4.69, 9.17) is 4.74 Å². The normalized spacial score (nSPS) is 10.7. The maximum absolute atomic E-state index is 12.4. The average molecular weight is 555 g/mol. The fourth-order valence-electron chi connectivity index (χ4n) is 2.59. The molecule has 0 bridgehead atoms. The van der Waals surface area contributed by atoms with Crippen LogP contribution in [-0.4, -0.2) is 18.4 Å². The number of nitrogens with zero attached hydrogens (tertiary/aromatic N) is 1. The first-order valence-electron chi connectivity index (χ1n) is 9.40. The van der Waals surface area contributed by atoms with Gasteiger partial charge in [0, 0.05) is 20.3 Å². The molecule has 0 atom stereocenters. The number of halogens is 2. The van der Waals surface area contributed by atoms with Crippen molar-refractivity contribution in [1.82, 2.24) is 0 Å². The molecule has 160 valence electrons. The summed E-state index contributed by atoms with van der Waals surface area (Å²) in [6.45, 7) is -0.149. The summed E-state index contributed by atoms with van der Waals surface area (Å²) in [4.78, 5) is 24.4. The lowest BCUT2D eigenvalue weighted by Crippen LogP contribution is -2.20. The highest BCUT2D eigenvalue weighted by Gasteiger charge is 2.10. The van der Waals surface area contributed by atoms with Crippen LogP contribution in [0.15, 0.2) is 87.3 Å². The molecule has 32 heavy (non-hydrogen) atoms. The van der Waals surface area contributed by atoms with Gasteiger partial charge >= 0.3 is 0 Å². The third-order valence-electron chi connectivity index (χ3n) is 4.16. The van der Waals surface area contributed by atoms with E-state index in [9.17, 15) is 14.9 Å². The summed E-state index contributed by atoms with van der Waals surface area (Å²) in [5.74, 6) is -0.293. The largest absolute Gasteiger partial charge is 0.484 e. The van der Waals surface area contributed by atoms with Crippen LogP contribution in [-0.2, 0) is 9.59 Å². The van der Waals surface area contributed by atoms with Gasteiger partial charge in [-0.25, -0.2) is 0 Å². The Hall–Kier alpha value is -3.41. The quantitative estimate of drug-likeness (QED) is 0.286. The summed E-state index contributed by atoms with van der Waals surface area (Å²) >= 11 is 6.67. The number of carbonyl (C=O) groups excluding carboxylic acids is 2. The van der Waals surface area contributed by atoms with Crippen molar-refractivity contribution in [3.05, 3.63) is 92.9 Å². The molecule has 8 heteroatoms. The Bertz CT molecular complexity index is 1170. The highest BCUT2D eigenvalue weighted by molar-refractivity contribution is 9.10. The van der Waals surface area contributed by atoms with Crippen molar-refractivity contribution in [2.24, 2.45) is 0 Å². The zero-order chi connectivity index (χ0) is 22.9. The van der Waals surface area contributed by atoms with Crippen LogP contribution in [0.2, 0.25) is 0 Å². The van der Waals surface area contributed by atoms with Gasteiger partial charge in [-0.2, -0.15) is 5.26 Å². The number of ether oxygens (including phenoxy) is 1. The SMILES string of the molecule is N#C/C(=C/c1ccc(OCC(=O)Nc2ccc(Br)cc2)cc1)C(=O)Nc1ccc(Br)cc1. The number of benzene rings is 3. The van der Waals surface area contributed by atoms with Crippen LogP contribution in [0.1, 0.15) is 5.56 Å². The standard InChI is InChI=1S/C24H17Br2N3O3/c25-18-3-7-20(8-4-18)28-23(30)15-32-22-11-1-16(2-12-22)13-17(14-27)24(31)29-21-9-5-19(26)6-10-21/h1-13H,15H2,(H,28,30)(H,29,31)/b17-13-. The van der Waals surface area contributed by atoms with Crippen LogP contribution in [0.3, 0.4) is 0 Å². The van der Waals surface area contributed by atoms with E-state index in [1.54, 1.807) is 60.7 Å². The number of hydrogen-bond donors (Lipinski definition) is 2. The molecule has 0 spiro atoms. The van der Waals surface area contributed by atoms with Gasteiger partial charge in [0.05, 0.1) is 0 Å². The van der Waals surface area contributed by atoms with E-state index in [1.807, 2.05) is 18.2 Å². The van der Waals surface area contributed by atoms with Crippen molar-refractivity contribution >= 4 is 61.1 Å². The Balaban J connectivity index is 1.56. The second kappa shape index (κ2) is 11.3. The van der Waals surface area contributed by atoms with E-state index in [1.165, 1.54) is 6.08 Å². The van der Waals surface area contributed by atoms with Crippen molar-refractivity contribution in [3.8, 4) is 11.8 Å². The van der Waals surface area contributed by atoms with Crippen LogP contribution in [0.5, 0.6) is 5.75 Å². The van der Waals surface area contributed by atoms with Gasteiger partial charge in [0.15, 0.2) is 6.61 Å². The summed E-state index contributed by atoms with van der Waals surface area (Å²) in [7, 11) is 0. The molecule has 3 aromatic carbocycles. The van der Waals surface area contributed by atoms with E-state index >= 15 is 0 Å². The number of amides is 2. The van der Waals surface area contributed by atoms with Gasteiger partial charge in [-0.1, -0.05) is 44.0 Å². The second-order valence-electron chi connectivity index (χ2n) is 6.54. The molecule has 0 aromatic heterocycles. The van der Waals surface area contributed by atoms with Crippen LogP contribution >= 0.6 is 31.9 Å². The Labute approximate surface area is 202 Å². The van der Waals surface area contributed by atoms with Crippen molar-refractivity contribution in [3.63, 3.8) is 0 Å². The molecule has 3 aromatic rings. The van der Waals surface area contributed by atoms with Crippen LogP contribution in [0.25, 0.3) is 6.08 Å².